The summed E-state index contributed by atoms with van der Waals surface area (Å²) in [6.45, 7) is 17.2. The van der Waals surface area contributed by atoms with E-state index in [1.54, 1.807) is 0 Å². The maximum absolute atomic E-state index is 3.60. The zero-order valence-corrected chi connectivity index (χ0v) is 10.9. The minimum atomic E-state index is 0. The predicted octanol–water partition coefficient (Wildman–Crippen LogP) is 4.86. The van der Waals surface area contributed by atoms with E-state index in [9.17, 15) is 0 Å². The van der Waals surface area contributed by atoms with E-state index in [4.69, 9.17) is 0 Å². The summed E-state index contributed by atoms with van der Waals surface area (Å²) in [5.74, 6) is 0. The third kappa shape index (κ3) is 112. The smallest absolute Gasteiger partial charge is 0.343 e. The van der Waals surface area contributed by atoms with E-state index in [0.717, 1.165) is 19.3 Å². The maximum Gasteiger partial charge on any atom is 3.00 e. The molecule has 0 saturated heterocycles. The molecule has 0 saturated carbocycles. The monoisotopic (exact) mass is 226 g/mol. The first kappa shape index (κ1) is 23.4. The second-order valence-corrected chi connectivity index (χ2v) is 2.56. The maximum atomic E-state index is 3.60. The summed E-state index contributed by atoms with van der Waals surface area (Å²) in [6.07, 6.45) is 6.83. The Labute approximate surface area is 97.4 Å². The van der Waals surface area contributed by atoms with Crippen LogP contribution in [0.25, 0.3) is 0 Å². The van der Waals surface area contributed by atoms with Crippen molar-refractivity contribution in [2.75, 3.05) is 0 Å². The molecule has 0 aromatic rings. The van der Waals surface area contributed by atoms with E-state index >= 15 is 0 Å². The fraction of sp³-hybridized carbons (Fsp3) is 0.750. The van der Waals surface area contributed by atoms with Crippen molar-refractivity contribution >= 4 is 0 Å². The molecule has 0 aromatic heterocycles. The molecule has 0 aliphatic heterocycles. The van der Waals surface area contributed by atoms with Crippen molar-refractivity contribution < 1.29 is 17.1 Å². The van der Waals surface area contributed by atoms with Gasteiger partial charge in [-0.05, 0) is 0 Å². The standard InChI is InChI=1S/3C4H9.Mn/c3*1-3-4-2;/h3*1,3-4H2,2H3;/q3*-1;+3. The fourth-order valence-corrected chi connectivity index (χ4v) is 0. The first-order valence-corrected chi connectivity index (χ1v) is 5.12. The SMILES string of the molecule is [CH2-]CCC.[CH2-]CCC.[CH2-]CCC.[Mn+3]. The summed E-state index contributed by atoms with van der Waals surface area (Å²) in [7, 11) is 0. The summed E-state index contributed by atoms with van der Waals surface area (Å²) in [4.78, 5) is 0. The second-order valence-electron chi connectivity index (χ2n) is 2.56. The summed E-state index contributed by atoms with van der Waals surface area (Å²) in [6, 6.07) is 0. The Hall–Kier alpha value is 0.519. The van der Waals surface area contributed by atoms with Crippen molar-refractivity contribution in [2.24, 2.45) is 0 Å². The second kappa shape index (κ2) is 39.1. The molecule has 0 unspecified atom stereocenters. The molecule has 0 heterocycles. The minimum absolute atomic E-state index is 0. The van der Waals surface area contributed by atoms with Gasteiger partial charge in [-0.25, -0.2) is 0 Å². The molecular formula is C12H27Mn. The summed E-state index contributed by atoms with van der Waals surface area (Å²) in [5, 5.41) is 0. The van der Waals surface area contributed by atoms with Gasteiger partial charge in [0.05, 0.1) is 0 Å². The largest absolute Gasteiger partial charge is 3.00 e. The van der Waals surface area contributed by atoms with Crippen LogP contribution in [0.3, 0.4) is 0 Å². The molecule has 1 heteroatoms. The molecule has 0 N–H and O–H groups in total. The van der Waals surface area contributed by atoms with Gasteiger partial charge in [-0.15, -0.1) is 0 Å². The van der Waals surface area contributed by atoms with Gasteiger partial charge < -0.3 is 20.8 Å². The molecule has 0 atom stereocenters. The van der Waals surface area contributed by atoms with E-state index in [-0.39, 0.29) is 17.1 Å². The Morgan fingerprint density at radius 1 is 0.615 bits per heavy atom. The molecule has 82 valence electrons. The normalized spacial score (nSPS) is 6.92. The first-order valence-electron chi connectivity index (χ1n) is 5.12. The molecule has 0 rings (SSSR count). The van der Waals surface area contributed by atoms with Crippen LogP contribution in [0.15, 0.2) is 0 Å². The Balaban J connectivity index is -0.0000000450. The Morgan fingerprint density at radius 2 is 0.692 bits per heavy atom. The van der Waals surface area contributed by atoms with E-state index in [1.807, 2.05) is 0 Å². The molecular weight excluding hydrogens is 199 g/mol. The van der Waals surface area contributed by atoms with Gasteiger partial charge in [0.25, 0.3) is 0 Å². The third-order valence-corrected chi connectivity index (χ3v) is 1.06. The van der Waals surface area contributed by atoms with Crippen LogP contribution in [0.1, 0.15) is 59.3 Å². The van der Waals surface area contributed by atoms with Crippen molar-refractivity contribution in [3.8, 4) is 0 Å². The molecule has 0 aromatic carbocycles. The number of rotatable bonds is 3. The van der Waals surface area contributed by atoms with Crippen molar-refractivity contribution in [1.29, 1.82) is 0 Å². The van der Waals surface area contributed by atoms with Gasteiger partial charge in [-0.3, -0.25) is 0 Å². The van der Waals surface area contributed by atoms with Crippen LogP contribution >= 0.6 is 0 Å². The van der Waals surface area contributed by atoms with Crippen LogP contribution in [-0.4, -0.2) is 0 Å². The van der Waals surface area contributed by atoms with E-state index in [1.165, 1.54) is 19.3 Å². The van der Waals surface area contributed by atoms with Crippen molar-refractivity contribution in [3.05, 3.63) is 20.8 Å². The van der Waals surface area contributed by atoms with Crippen LogP contribution < -0.4 is 0 Å². The van der Waals surface area contributed by atoms with Crippen molar-refractivity contribution in [1.82, 2.24) is 0 Å². The van der Waals surface area contributed by atoms with E-state index in [2.05, 4.69) is 41.5 Å². The summed E-state index contributed by atoms with van der Waals surface area (Å²) >= 11 is 0. The van der Waals surface area contributed by atoms with Gasteiger partial charge in [0.15, 0.2) is 0 Å². The van der Waals surface area contributed by atoms with Crippen LogP contribution in [-0.2, 0) is 17.1 Å². The Morgan fingerprint density at radius 3 is 0.692 bits per heavy atom. The molecule has 0 bridgehead atoms. The van der Waals surface area contributed by atoms with Crippen LogP contribution in [0, 0.1) is 20.8 Å². The first-order chi connectivity index (χ1) is 5.74. The van der Waals surface area contributed by atoms with E-state index in [0.29, 0.717) is 0 Å². The van der Waals surface area contributed by atoms with Crippen LogP contribution in [0.5, 0.6) is 0 Å². The molecule has 0 spiro atoms. The van der Waals surface area contributed by atoms with Crippen molar-refractivity contribution in [2.45, 2.75) is 59.3 Å². The van der Waals surface area contributed by atoms with Gasteiger partial charge in [-0.1, -0.05) is 40.0 Å². The van der Waals surface area contributed by atoms with Gasteiger partial charge in [0, 0.05) is 0 Å². The minimum Gasteiger partial charge on any atom is -0.343 e. The van der Waals surface area contributed by atoms with Gasteiger partial charge in [0.1, 0.15) is 0 Å². The van der Waals surface area contributed by atoms with Crippen LogP contribution in [0.2, 0.25) is 0 Å². The average molecular weight is 226 g/mol. The quantitative estimate of drug-likeness (QED) is 0.476. The molecule has 13 heavy (non-hydrogen) atoms. The molecule has 0 radical (unpaired) electrons. The molecule has 0 aliphatic carbocycles. The predicted molar refractivity (Wildman–Crippen MR) is 60.8 cm³/mol. The third-order valence-electron chi connectivity index (χ3n) is 1.06. The molecule has 0 aliphatic rings. The van der Waals surface area contributed by atoms with Gasteiger partial charge >= 0.3 is 17.1 Å². The number of hydrogen-bond acceptors (Lipinski definition) is 0. The zero-order valence-electron chi connectivity index (χ0n) is 9.74. The van der Waals surface area contributed by atoms with E-state index < -0.39 is 0 Å². The fourth-order valence-electron chi connectivity index (χ4n) is 0. The number of hydrogen-bond donors (Lipinski definition) is 0. The summed E-state index contributed by atoms with van der Waals surface area (Å²) < 4.78 is 0. The Bertz CT molecular complexity index is 20.6. The molecule has 0 fully saturated rings. The van der Waals surface area contributed by atoms with Crippen LogP contribution in [0.4, 0.5) is 0 Å². The molecule has 0 amide bonds. The van der Waals surface area contributed by atoms with Crippen molar-refractivity contribution in [3.63, 3.8) is 0 Å². The van der Waals surface area contributed by atoms with Gasteiger partial charge in [0.2, 0.25) is 0 Å². The Kier molecular flexibility index (Phi) is 70.3. The molecule has 0 nitrogen and oxygen atoms in total. The van der Waals surface area contributed by atoms with Gasteiger partial charge in [-0.2, -0.15) is 19.3 Å². The summed E-state index contributed by atoms with van der Waals surface area (Å²) in [5.41, 5.74) is 0. The number of unbranched alkanes of at least 4 members (excludes halogenated alkanes) is 3. The topological polar surface area (TPSA) is 0 Å². The zero-order chi connectivity index (χ0) is 10.2. The average Bonchev–Trinajstić information content (AvgIpc) is 2.18.